The summed E-state index contributed by atoms with van der Waals surface area (Å²) in [6, 6.07) is 18.6. The van der Waals surface area contributed by atoms with E-state index in [1.165, 1.54) is 0 Å². The first kappa shape index (κ1) is 21.5. The van der Waals surface area contributed by atoms with Gasteiger partial charge in [0.15, 0.2) is 0 Å². The molecule has 2 atom stereocenters. The van der Waals surface area contributed by atoms with E-state index in [1.807, 2.05) is 67.6 Å². The van der Waals surface area contributed by atoms with Gasteiger partial charge in [-0.2, -0.15) is 0 Å². The van der Waals surface area contributed by atoms with Crippen LogP contribution in [0.15, 0.2) is 60.7 Å². The minimum Gasteiger partial charge on any atom is -0.453 e. The van der Waals surface area contributed by atoms with Crippen LogP contribution < -0.4 is 5.32 Å². The summed E-state index contributed by atoms with van der Waals surface area (Å²) in [6.45, 7) is 8.76. The van der Waals surface area contributed by atoms with E-state index >= 15 is 0 Å². The zero-order chi connectivity index (χ0) is 20.8. The van der Waals surface area contributed by atoms with Crippen LogP contribution in [0.1, 0.15) is 45.7 Å². The van der Waals surface area contributed by atoms with Crippen molar-refractivity contribution in [1.82, 2.24) is 5.32 Å². The summed E-state index contributed by atoms with van der Waals surface area (Å²) in [5, 5.41) is 2.54. The van der Waals surface area contributed by atoms with Crippen molar-refractivity contribution in [3.05, 3.63) is 71.8 Å². The number of carbonyl (C=O) groups is 2. The Kier molecular flexibility index (Phi) is 6.84. The zero-order valence-electron chi connectivity index (χ0n) is 17.2. The molecule has 0 heterocycles. The van der Waals surface area contributed by atoms with Crippen molar-refractivity contribution in [2.75, 3.05) is 0 Å². The molecule has 0 saturated carbocycles. The summed E-state index contributed by atoms with van der Waals surface area (Å²) in [5.41, 5.74) is 0.425. The van der Waals surface area contributed by atoms with E-state index < -0.39 is 29.3 Å². The highest BCUT2D eigenvalue weighted by atomic mass is 16.6. The molecule has 0 saturated heterocycles. The molecular weight excluding hydrogens is 354 g/mol. The lowest BCUT2D eigenvalue weighted by molar-refractivity contribution is -0.161. The highest BCUT2D eigenvalue weighted by molar-refractivity contribution is 5.81. The van der Waals surface area contributed by atoms with Gasteiger partial charge in [0, 0.05) is 6.42 Å². The molecule has 0 spiro atoms. The van der Waals surface area contributed by atoms with Crippen molar-refractivity contribution in [3.8, 4) is 0 Å². The molecule has 2 aromatic rings. The number of ether oxygens (including phenoxy) is 2. The number of rotatable bonds is 6. The van der Waals surface area contributed by atoms with Gasteiger partial charge >= 0.3 is 12.1 Å². The fourth-order valence-corrected chi connectivity index (χ4v) is 2.83. The third-order valence-corrected chi connectivity index (χ3v) is 4.18. The van der Waals surface area contributed by atoms with Crippen LogP contribution in [0.4, 0.5) is 4.79 Å². The van der Waals surface area contributed by atoms with Gasteiger partial charge in [-0.1, -0.05) is 60.7 Å². The monoisotopic (exact) mass is 383 g/mol. The van der Waals surface area contributed by atoms with E-state index in [9.17, 15) is 9.59 Å². The number of carbonyl (C=O) groups excluding carboxylic acids is 2. The average Bonchev–Trinajstić information content (AvgIpc) is 2.61. The normalized spacial score (nSPS) is 14.5. The molecule has 28 heavy (non-hydrogen) atoms. The molecule has 2 rings (SSSR count). The van der Waals surface area contributed by atoms with E-state index in [4.69, 9.17) is 9.47 Å². The van der Waals surface area contributed by atoms with Gasteiger partial charge in [-0.3, -0.25) is 0 Å². The number of benzene rings is 2. The maximum Gasteiger partial charge on any atom is 0.408 e. The van der Waals surface area contributed by atoms with Crippen molar-refractivity contribution in [2.24, 2.45) is 0 Å². The topological polar surface area (TPSA) is 64.6 Å². The highest BCUT2D eigenvalue weighted by Crippen LogP contribution is 2.30. The van der Waals surface area contributed by atoms with Crippen molar-refractivity contribution >= 4 is 12.1 Å². The predicted molar refractivity (Wildman–Crippen MR) is 109 cm³/mol. The number of amides is 1. The number of alkyl carbamates (subject to hydrolysis) is 1. The minimum absolute atomic E-state index is 0.517. The molecule has 2 aromatic carbocycles. The number of hydrogen-bond acceptors (Lipinski definition) is 4. The standard InChI is InChI=1S/C23H29NO4/c1-17(24-21(26)28-22(2,3)4)20(25)27-23(5,19-14-10-7-11-15-19)16-18-12-8-6-9-13-18/h6-15,17H,16H2,1-5H3,(H,24,26). The molecule has 0 aliphatic rings. The lowest BCUT2D eigenvalue weighted by atomic mass is 9.88. The Bertz CT molecular complexity index is 783. The van der Waals surface area contributed by atoms with E-state index in [0.717, 1.165) is 11.1 Å². The van der Waals surface area contributed by atoms with Crippen molar-refractivity contribution in [2.45, 2.75) is 58.3 Å². The van der Waals surface area contributed by atoms with E-state index in [-0.39, 0.29) is 0 Å². The average molecular weight is 383 g/mol. The predicted octanol–water partition coefficient (Wildman–Crippen LogP) is 4.60. The van der Waals surface area contributed by atoms with Gasteiger partial charge in [0.25, 0.3) is 0 Å². The Morgan fingerprint density at radius 3 is 1.96 bits per heavy atom. The maximum absolute atomic E-state index is 12.7. The van der Waals surface area contributed by atoms with Crippen LogP contribution >= 0.6 is 0 Å². The van der Waals surface area contributed by atoms with Gasteiger partial charge in [0.1, 0.15) is 17.2 Å². The second-order valence-corrected chi connectivity index (χ2v) is 8.05. The van der Waals surface area contributed by atoms with Crippen molar-refractivity contribution in [1.29, 1.82) is 0 Å². The van der Waals surface area contributed by atoms with Crippen LogP contribution in [-0.4, -0.2) is 23.7 Å². The third kappa shape index (κ3) is 6.41. The van der Waals surface area contributed by atoms with E-state index in [2.05, 4.69) is 5.32 Å². The fraction of sp³-hybridized carbons (Fsp3) is 0.391. The van der Waals surface area contributed by atoms with Gasteiger partial charge in [0.05, 0.1) is 0 Å². The molecule has 2 unspecified atom stereocenters. The van der Waals surface area contributed by atoms with Crippen LogP contribution in [0, 0.1) is 0 Å². The Hall–Kier alpha value is -2.82. The van der Waals surface area contributed by atoms with Crippen molar-refractivity contribution < 1.29 is 19.1 Å². The van der Waals surface area contributed by atoms with Gasteiger partial charge in [-0.25, -0.2) is 9.59 Å². The molecular formula is C23H29NO4. The lowest BCUT2D eigenvalue weighted by Gasteiger charge is -2.32. The first-order valence-electron chi connectivity index (χ1n) is 9.41. The largest absolute Gasteiger partial charge is 0.453 e. The number of nitrogens with one attached hydrogen (secondary N) is 1. The fourth-order valence-electron chi connectivity index (χ4n) is 2.83. The summed E-state index contributed by atoms with van der Waals surface area (Å²) >= 11 is 0. The molecule has 0 aromatic heterocycles. The smallest absolute Gasteiger partial charge is 0.408 e. The van der Waals surface area contributed by atoms with Crippen LogP contribution in [0.5, 0.6) is 0 Å². The summed E-state index contributed by atoms with van der Waals surface area (Å²) in [6.07, 6.45) is -0.135. The Morgan fingerprint density at radius 1 is 0.893 bits per heavy atom. The van der Waals surface area contributed by atoms with Crippen LogP contribution in [0.25, 0.3) is 0 Å². The molecule has 0 fully saturated rings. The molecule has 0 aliphatic heterocycles. The van der Waals surface area contributed by atoms with Gasteiger partial charge in [0.2, 0.25) is 0 Å². The minimum atomic E-state index is -0.871. The molecule has 0 aliphatic carbocycles. The Labute approximate surface area is 167 Å². The second kappa shape index (κ2) is 8.91. The van der Waals surface area contributed by atoms with Crippen LogP contribution in [0.3, 0.4) is 0 Å². The summed E-state index contributed by atoms with van der Waals surface area (Å²) in [4.78, 5) is 24.7. The van der Waals surface area contributed by atoms with E-state index in [1.54, 1.807) is 27.7 Å². The van der Waals surface area contributed by atoms with Gasteiger partial charge in [-0.05, 0) is 45.7 Å². The second-order valence-electron chi connectivity index (χ2n) is 8.05. The third-order valence-electron chi connectivity index (χ3n) is 4.18. The van der Waals surface area contributed by atoms with Gasteiger partial charge in [-0.15, -0.1) is 0 Å². The van der Waals surface area contributed by atoms with Crippen LogP contribution in [0.2, 0.25) is 0 Å². The van der Waals surface area contributed by atoms with Gasteiger partial charge < -0.3 is 14.8 Å². The SMILES string of the molecule is CC(NC(=O)OC(C)(C)C)C(=O)OC(C)(Cc1ccccc1)c1ccccc1. The molecule has 5 nitrogen and oxygen atoms in total. The molecule has 0 radical (unpaired) electrons. The molecule has 5 heteroatoms. The lowest BCUT2D eigenvalue weighted by Crippen LogP contribution is -2.45. The zero-order valence-corrected chi connectivity index (χ0v) is 17.2. The molecule has 0 bridgehead atoms. The van der Waals surface area contributed by atoms with E-state index in [0.29, 0.717) is 6.42 Å². The van der Waals surface area contributed by atoms with Crippen molar-refractivity contribution in [3.63, 3.8) is 0 Å². The first-order valence-corrected chi connectivity index (χ1v) is 9.41. The number of hydrogen-bond donors (Lipinski definition) is 1. The summed E-state index contributed by atoms with van der Waals surface area (Å²) in [5.74, 6) is -0.520. The maximum atomic E-state index is 12.7. The Morgan fingerprint density at radius 2 is 1.43 bits per heavy atom. The highest BCUT2D eigenvalue weighted by Gasteiger charge is 2.34. The quantitative estimate of drug-likeness (QED) is 0.741. The molecule has 150 valence electrons. The molecule has 1 amide bonds. The summed E-state index contributed by atoms with van der Waals surface area (Å²) < 4.78 is 11.1. The van der Waals surface area contributed by atoms with Crippen LogP contribution in [-0.2, 0) is 26.3 Å². The summed E-state index contributed by atoms with van der Waals surface area (Å²) in [7, 11) is 0. The molecule has 1 N–H and O–H groups in total. The first-order chi connectivity index (χ1) is 13.1. The Balaban J connectivity index is 2.15. The number of esters is 1.